The van der Waals surface area contributed by atoms with Crippen LogP contribution in [-0.4, -0.2) is 6.04 Å². The lowest BCUT2D eigenvalue weighted by molar-refractivity contribution is -0.0706. The van der Waals surface area contributed by atoms with Crippen molar-refractivity contribution in [1.82, 2.24) is 5.32 Å². The van der Waals surface area contributed by atoms with Gasteiger partial charge in [0, 0.05) is 33.8 Å². The standard InChI is InChI=1S/C26H30Cl3NO/c1-16(26-11-17-6-18(12-26)8-19(7-17)13-26)30-14-21-9-22(27)10-24(29)25(21)31-15-20-4-2-3-5-23(20)28/h2-5,9-10,16-19,30H,6-8,11-15H2,1H3. The fourth-order valence-corrected chi connectivity index (χ4v) is 7.64. The minimum absolute atomic E-state index is 0.374. The molecule has 5 heteroatoms. The molecule has 4 aliphatic carbocycles. The third-order valence-electron chi connectivity index (χ3n) is 8.02. The largest absolute Gasteiger partial charge is 0.487 e. The summed E-state index contributed by atoms with van der Waals surface area (Å²) in [6, 6.07) is 11.9. The van der Waals surface area contributed by atoms with E-state index >= 15 is 0 Å². The molecule has 1 unspecified atom stereocenters. The zero-order valence-corrected chi connectivity index (χ0v) is 20.2. The Bertz CT molecular complexity index is 924. The first-order valence-electron chi connectivity index (χ1n) is 11.5. The maximum atomic E-state index is 6.54. The molecule has 1 N–H and O–H groups in total. The van der Waals surface area contributed by atoms with Crippen LogP contribution in [0.5, 0.6) is 5.75 Å². The number of hydrogen-bond acceptors (Lipinski definition) is 2. The molecule has 0 saturated heterocycles. The minimum Gasteiger partial charge on any atom is -0.487 e. The molecule has 4 fully saturated rings. The molecule has 4 saturated carbocycles. The monoisotopic (exact) mass is 477 g/mol. The van der Waals surface area contributed by atoms with Gasteiger partial charge in [-0.15, -0.1) is 0 Å². The van der Waals surface area contributed by atoms with Gasteiger partial charge < -0.3 is 10.1 Å². The Labute approximate surface area is 200 Å². The van der Waals surface area contributed by atoms with Crippen molar-refractivity contribution in [3.63, 3.8) is 0 Å². The molecule has 1 atom stereocenters. The molecule has 4 bridgehead atoms. The maximum absolute atomic E-state index is 6.54. The second kappa shape index (κ2) is 8.78. The predicted octanol–water partition coefficient (Wildman–Crippen LogP) is 7.92. The predicted molar refractivity (Wildman–Crippen MR) is 129 cm³/mol. The highest BCUT2D eigenvalue weighted by atomic mass is 35.5. The molecule has 0 amide bonds. The van der Waals surface area contributed by atoms with Crippen LogP contribution in [0.4, 0.5) is 0 Å². The van der Waals surface area contributed by atoms with Crippen LogP contribution >= 0.6 is 34.8 Å². The van der Waals surface area contributed by atoms with Crippen LogP contribution < -0.4 is 10.1 Å². The van der Waals surface area contributed by atoms with Crippen LogP contribution in [0.3, 0.4) is 0 Å². The summed E-state index contributed by atoms with van der Waals surface area (Å²) in [6.07, 6.45) is 8.57. The van der Waals surface area contributed by atoms with Crippen molar-refractivity contribution in [1.29, 1.82) is 0 Å². The van der Waals surface area contributed by atoms with Crippen LogP contribution in [0.1, 0.15) is 56.6 Å². The maximum Gasteiger partial charge on any atom is 0.142 e. The van der Waals surface area contributed by atoms with E-state index in [1.54, 1.807) is 6.07 Å². The van der Waals surface area contributed by atoms with E-state index in [0.29, 0.717) is 45.4 Å². The van der Waals surface area contributed by atoms with Crippen LogP contribution in [0, 0.1) is 23.2 Å². The Hall–Kier alpha value is -0.930. The normalized spacial score (nSPS) is 29.9. The van der Waals surface area contributed by atoms with Crippen molar-refractivity contribution >= 4 is 34.8 Å². The molecule has 31 heavy (non-hydrogen) atoms. The van der Waals surface area contributed by atoms with E-state index in [4.69, 9.17) is 39.5 Å². The van der Waals surface area contributed by atoms with Gasteiger partial charge in [-0.2, -0.15) is 0 Å². The molecule has 4 aliphatic rings. The molecular formula is C26H30Cl3NO. The van der Waals surface area contributed by atoms with Gasteiger partial charge in [-0.05, 0) is 86.8 Å². The summed E-state index contributed by atoms with van der Waals surface area (Å²) >= 11 is 19.2. The van der Waals surface area contributed by atoms with Gasteiger partial charge in [0.05, 0.1) is 5.02 Å². The molecule has 2 aromatic carbocycles. The van der Waals surface area contributed by atoms with E-state index in [-0.39, 0.29) is 0 Å². The van der Waals surface area contributed by atoms with E-state index in [9.17, 15) is 0 Å². The van der Waals surface area contributed by atoms with E-state index in [2.05, 4.69) is 12.2 Å². The fraction of sp³-hybridized carbons (Fsp3) is 0.538. The quantitative estimate of drug-likeness (QED) is 0.436. The van der Waals surface area contributed by atoms with Crippen molar-refractivity contribution in [3.8, 4) is 5.75 Å². The van der Waals surface area contributed by atoms with E-state index < -0.39 is 0 Å². The molecule has 166 valence electrons. The molecule has 0 aliphatic heterocycles. The highest BCUT2D eigenvalue weighted by molar-refractivity contribution is 6.35. The first-order chi connectivity index (χ1) is 14.9. The highest BCUT2D eigenvalue weighted by Gasteiger charge is 2.52. The van der Waals surface area contributed by atoms with Crippen LogP contribution in [-0.2, 0) is 13.2 Å². The molecule has 0 spiro atoms. The zero-order chi connectivity index (χ0) is 21.6. The Morgan fingerprint density at radius 2 is 1.58 bits per heavy atom. The Kier molecular flexibility index (Phi) is 6.20. The zero-order valence-electron chi connectivity index (χ0n) is 18.0. The minimum atomic E-state index is 0.374. The van der Waals surface area contributed by atoms with Crippen LogP contribution in [0.15, 0.2) is 36.4 Å². The molecule has 2 aromatic rings. The van der Waals surface area contributed by atoms with Gasteiger partial charge in [0.2, 0.25) is 0 Å². The lowest BCUT2D eigenvalue weighted by atomic mass is 9.48. The van der Waals surface area contributed by atoms with Gasteiger partial charge in [0.25, 0.3) is 0 Å². The molecular weight excluding hydrogens is 449 g/mol. The van der Waals surface area contributed by atoms with Gasteiger partial charge in [0.1, 0.15) is 12.4 Å². The van der Waals surface area contributed by atoms with Gasteiger partial charge in [0.15, 0.2) is 0 Å². The summed E-state index contributed by atoms with van der Waals surface area (Å²) in [5, 5.41) is 5.71. The van der Waals surface area contributed by atoms with E-state index in [1.807, 2.05) is 30.3 Å². The lowest BCUT2D eigenvalue weighted by Crippen LogP contribution is -2.54. The van der Waals surface area contributed by atoms with Crippen molar-refractivity contribution in [2.24, 2.45) is 23.2 Å². The number of benzene rings is 2. The SMILES string of the molecule is CC(NCc1cc(Cl)cc(Cl)c1OCc1ccccc1Cl)C12CC3CC(CC(C3)C1)C2. The first-order valence-corrected chi connectivity index (χ1v) is 12.6. The van der Waals surface area contributed by atoms with Crippen molar-refractivity contribution in [3.05, 3.63) is 62.6 Å². The van der Waals surface area contributed by atoms with Gasteiger partial charge >= 0.3 is 0 Å². The smallest absolute Gasteiger partial charge is 0.142 e. The Balaban J connectivity index is 1.30. The lowest BCUT2D eigenvalue weighted by Gasteiger charge is -2.59. The summed E-state index contributed by atoms with van der Waals surface area (Å²) < 4.78 is 6.16. The number of rotatable bonds is 7. The van der Waals surface area contributed by atoms with Crippen molar-refractivity contribution < 1.29 is 4.74 Å². The van der Waals surface area contributed by atoms with E-state index in [0.717, 1.165) is 28.9 Å². The average molecular weight is 479 g/mol. The topological polar surface area (TPSA) is 21.3 Å². The summed E-state index contributed by atoms with van der Waals surface area (Å²) in [7, 11) is 0. The number of hydrogen-bond donors (Lipinski definition) is 1. The van der Waals surface area contributed by atoms with Crippen LogP contribution in [0.25, 0.3) is 0 Å². The Morgan fingerprint density at radius 3 is 2.23 bits per heavy atom. The van der Waals surface area contributed by atoms with E-state index in [1.165, 1.54) is 38.5 Å². The Morgan fingerprint density at radius 1 is 0.935 bits per heavy atom. The van der Waals surface area contributed by atoms with Gasteiger partial charge in [-0.3, -0.25) is 0 Å². The van der Waals surface area contributed by atoms with Gasteiger partial charge in [-0.25, -0.2) is 0 Å². The second-order valence-electron chi connectivity index (χ2n) is 10.1. The molecule has 2 nitrogen and oxygen atoms in total. The van der Waals surface area contributed by atoms with Crippen molar-refractivity contribution in [2.45, 2.75) is 64.6 Å². The van der Waals surface area contributed by atoms with Crippen LogP contribution in [0.2, 0.25) is 15.1 Å². The van der Waals surface area contributed by atoms with Crippen molar-refractivity contribution in [2.75, 3.05) is 0 Å². The molecule has 0 heterocycles. The third kappa shape index (κ3) is 4.47. The summed E-state index contributed by atoms with van der Waals surface area (Å²) in [6.45, 7) is 3.45. The van der Waals surface area contributed by atoms with Gasteiger partial charge in [-0.1, -0.05) is 53.0 Å². The average Bonchev–Trinajstić information content (AvgIpc) is 2.71. The number of ether oxygens (including phenoxy) is 1. The fourth-order valence-electron chi connectivity index (χ4n) is 6.86. The number of nitrogens with one attached hydrogen (secondary N) is 1. The molecule has 0 radical (unpaired) electrons. The highest BCUT2D eigenvalue weighted by Crippen LogP contribution is 2.61. The molecule has 6 rings (SSSR count). The summed E-state index contributed by atoms with van der Waals surface area (Å²) in [4.78, 5) is 0. The summed E-state index contributed by atoms with van der Waals surface area (Å²) in [5.41, 5.74) is 2.40. The number of halogens is 3. The third-order valence-corrected chi connectivity index (χ3v) is 8.89. The second-order valence-corrected chi connectivity index (χ2v) is 11.4. The first kappa shape index (κ1) is 21.9. The molecule has 0 aromatic heterocycles. The summed E-state index contributed by atoms with van der Waals surface area (Å²) in [5.74, 6) is 3.54.